The quantitative estimate of drug-likeness (QED) is 0.290. The van der Waals surface area contributed by atoms with Gasteiger partial charge in [0.2, 0.25) is 27.9 Å². The van der Waals surface area contributed by atoms with Crippen molar-refractivity contribution in [3.05, 3.63) is 24.3 Å². The van der Waals surface area contributed by atoms with Gasteiger partial charge in [-0.1, -0.05) is 0 Å². The van der Waals surface area contributed by atoms with Crippen LogP contribution in [-0.2, 0) is 10.0 Å². The second-order valence-corrected chi connectivity index (χ2v) is 5.35. The Hall–Kier alpha value is -2.54. The van der Waals surface area contributed by atoms with E-state index in [1.807, 2.05) is 0 Å². The van der Waals surface area contributed by atoms with Crippen molar-refractivity contribution in [2.24, 2.45) is 16.8 Å². The van der Waals surface area contributed by atoms with E-state index in [-0.39, 0.29) is 22.7 Å². The summed E-state index contributed by atoms with van der Waals surface area (Å²) < 4.78 is 22.3. The van der Waals surface area contributed by atoms with Crippen molar-refractivity contribution in [3.63, 3.8) is 0 Å². The van der Waals surface area contributed by atoms with Gasteiger partial charge in [-0.05, 0) is 24.3 Å². The molecule has 1 aromatic carbocycles. The molecular formula is C9H13N9O2S. The smallest absolute Gasteiger partial charge is 0.243 e. The summed E-state index contributed by atoms with van der Waals surface area (Å²) in [6, 6.07) is 5.72. The van der Waals surface area contributed by atoms with E-state index in [1.54, 1.807) is 0 Å². The van der Waals surface area contributed by atoms with Gasteiger partial charge in [-0.15, -0.1) is 0 Å². The number of sulfonamides is 1. The van der Waals surface area contributed by atoms with Crippen LogP contribution in [0.3, 0.4) is 0 Å². The highest BCUT2D eigenvalue weighted by Gasteiger charge is 2.08. The lowest BCUT2D eigenvalue weighted by atomic mass is 10.3. The van der Waals surface area contributed by atoms with Crippen LogP contribution >= 0.6 is 0 Å². The van der Waals surface area contributed by atoms with Gasteiger partial charge >= 0.3 is 0 Å². The molecule has 0 spiro atoms. The molecule has 12 heteroatoms. The molecule has 21 heavy (non-hydrogen) atoms. The molecule has 0 aliphatic carbocycles. The maximum atomic E-state index is 11.1. The zero-order valence-corrected chi connectivity index (χ0v) is 11.4. The van der Waals surface area contributed by atoms with Crippen molar-refractivity contribution in [2.45, 2.75) is 4.90 Å². The summed E-state index contributed by atoms with van der Waals surface area (Å²) in [4.78, 5) is 11.7. The number of benzene rings is 1. The standard InChI is InChI=1S/C9H13N9O2S/c10-17-8-14-7(15-9(16-8)18-11)13-5-1-3-6(4-2-5)21(12,19)20/h1-4H,10-11H2,(H2,12,19,20)(H3,13,14,15,16,17,18). The van der Waals surface area contributed by atoms with Crippen LogP contribution in [0.25, 0.3) is 0 Å². The number of hydrogen-bond donors (Lipinski definition) is 6. The molecule has 0 unspecified atom stereocenters. The minimum absolute atomic E-state index is 0.00248. The van der Waals surface area contributed by atoms with Gasteiger partial charge < -0.3 is 5.32 Å². The molecule has 0 amide bonds. The van der Waals surface area contributed by atoms with Gasteiger partial charge in [0, 0.05) is 5.69 Å². The number of nitrogens with two attached hydrogens (primary N) is 3. The maximum Gasteiger partial charge on any atom is 0.243 e. The molecule has 0 saturated carbocycles. The van der Waals surface area contributed by atoms with Crippen LogP contribution in [0, 0.1) is 0 Å². The van der Waals surface area contributed by atoms with Crippen molar-refractivity contribution >= 4 is 33.6 Å². The number of nitrogens with one attached hydrogen (secondary N) is 3. The summed E-state index contributed by atoms with van der Waals surface area (Å²) in [5.74, 6) is 10.8. The highest BCUT2D eigenvalue weighted by Crippen LogP contribution is 2.17. The monoisotopic (exact) mass is 311 g/mol. The lowest BCUT2D eigenvalue weighted by Gasteiger charge is -2.08. The van der Waals surface area contributed by atoms with Crippen LogP contribution < -0.4 is 33.0 Å². The second kappa shape index (κ2) is 5.84. The number of hydrazine groups is 2. The Morgan fingerprint density at radius 3 is 1.76 bits per heavy atom. The Balaban J connectivity index is 2.25. The van der Waals surface area contributed by atoms with E-state index in [0.29, 0.717) is 5.69 Å². The van der Waals surface area contributed by atoms with Crippen LogP contribution in [0.5, 0.6) is 0 Å². The molecule has 2 rings (SSSR count). The summed E-state index contributed by atoms with van der Waals surface area (Å²) in [5, 5.41) is 7.85. The van der Waals surface area contributed by atoms with E-state index in [9.17, 15) is 8.42 Å². The van der Waals surface area contributed by atoms with E-state index in [0.717, 1.165) is 0 Å². The van der Waals surface area contributed by atoms with E-state index < -0.39 is 10.0 Å². The predicted molar refractivity (Wildman–Crippen MR) is 76.5 cm³/mol. The minimum Gasteiger partial charge on any atom is -0.324 e. The molecule has 0 aliphatic rings. The molecule has 0 atom stereocenters. The summed E-state index contributed by atoms with van der Waals surface area (Å²) in [5.41, 5.74) is 5.07. The SMILES string of the molecule is NNc1nc(NN)nc(Nc2ccc(S(N)(=O)=O)cc2)n1. The highest BCUT2D eigenvalue weighted by atomic mass is 32.2. The van der Waals surface area contributed by atoms with Crippen molar-refractivity contribution in [1.29, 1.82) is 0 Å². The molecule has 0 radical (unpaired) electrons. The third kappa shape index (κ3) is 3.73. The van der Waals surface area contributed by atoms with Gasteiger partial charge in [0.05, 0.1) is 4.90 Å². The normalized spacial score (nSPS) is 11.0. The molecule has 0 aliphatic heterocycles. The molecular weight excluding hydrogens is 298 g/mol. The summed E-state index contributed by atoms with van der Waals surface area (Å²) >= 11 is 0. The van der Waals surface area contributed by atoms with Gasteiger partial charge in [-0.3, -0.25) is 10.9 Å². The molecule has 0 bridgehead atoms. The number of rotatable bonds is 5. The third-order valence-corrected chi connectivity index (χ3v) is 3.26. The Bertz CT molecular complexity index is 709. The van der Waals surface area contributed by atoms with Crippen molar-refractivity contribution < 1.29 is 8.42 Å². The van der Waals surface area contributed by atoms with Crippen LogP contribution in [0.15, 0.2) is 29.2 Å². The number of primary sulfonamides is 1. The van der Waals surface area contributed by atoms with Crippen molar-refractivity contribution in [2.75, 3.05) is 16.2 Å². The lowest BCUT2D eigenvalue weighted by Crippen LogP contribution is -2.17. The summed E-state index contributed by atoms with van der Waals surface area (Å²) in [6.07, 6.45) is 0. The molecule has 0 fully saturated rings. The van der Waals surface area contributed by atoms with Crippen LogP contribution in [0.1, 0.15) is 0 Å². The first-order chi connectivity index (χ1) is 9.92. The topological polar surface area (TPSA) is 187 Å². The van der Waals surface area contributed by atoms with E-state index in [4.69, 9.17) is 16.8 Å². The number of anilines is 4. The number of nitrogens with zero attached hydrogens (tertiary/aromatic N) is 3. The fourth-order valence-corrected chi connectivity index (χ4v) is 1.93. The lowest BCUT2D eigenvalue weighted by molar-refractivity contribution is 0.598. The molecule has 2 aromatic rings. The first-order valence-corrected chi connectivity index (χ1v) is 7.06. The van der Waals surface area contributed by atoms with Gasteiger partial charge in [0.1, 0.15) is 0 Å². The first-order valence-electron chi connectivity index (χ1n) is 5.51. The molecule has 0 saturated heterocycles. The zero-order chi connectivity index (χ0) is 15.5. The van der Waals surface area contributed by atoms with Crippen LogP contribution in [0.2, 0.25) is 0 Å². The second-order valence-electron chi connectivity index (χ2n) is 3.79. The Morgan fingerprint density at radius 1 is 0.857 bits per heavy atom. The average Bonchev–Trinajstić information content (AvgIpc) is 2.46. The van der Waals surface area contributed by atoms with E-state index >= 15 is 0 Å². The first kappa shape index (κ1) is 14.9. The number of nitrogen functional groups attached to an aromatic ring is 2. The van der Waals surface area contributed by atoms with Gasteiger partial charge in [-0.2, -0.15) is 15.0 Å². The molecule has 1 heterocycles. The van der Waals surface area contributed by atoms with Crippen LogP contribution in [-0.4, -0.2) is 23.4 Å². The average molecular weight is 311 g/mol. The number of hydrogen-bond acceptors (Lipinski definition) is 10. The highest BCUT2D eigenvalue weighted by molar-refractivity contribution is 7.89. The molecule has 9 N–H and O–H groups in total. The van der Waals surface area contributed by atoms with E-state index in [1.165, 1.54) is 24.3 Å². The summed E-state index contributed by atoms with van der Waals surface area (Å²) in [6.45, 7) is 0. The van der Waals surface area contributed by atoms with Crippen molar-refractivity contribution in [3.8, 4) is 0 Å². The van der Waals surface area contributed by atoms with Crippen molar-refractivity contribution in [1.82, 2.24) is 15.0 Å². The molecule has 11 nitrogen and oxygen atoms in total. The Labute approximate surface area is 120 Å². The maximum absolute atomic E-state index is 11.1. The molecule has 1 aromatic heterocycles. The minimum atomic E-state index is -3.74. The van der Waals surface area contributed by atoms with Gasteiger partial charge in [0.25, 0.3) is 0 Å². The van der Waals surface area contributed by atoms with Crippen LogP contribution in [0.4, 0.5) is 23.5 Å². The Kier molecular flexibility index (Phi) is 4.13. The summed E-state index contributed by atoms with van der Waals surface area (Å²) in [7, 11) is -3.74. The van der Waals surface area contributed by atoms with Gasteiger partial charge in [-0.25, -0.2) is 25.2 Å². The van der Waals surface area contributed by atoms with Gasteiger partial charge in [0.15, 0.2) is 0 Å². The Morgan fingerprint density at radius 2 is 1.33 bits per heavy atom. The number of aromatic nitrogens is 3. The molecule has 112 valence electrons. The zero-order valence-electron chi connectivity index (χ0n) is 10.6. The fourth-order valence-electron chi connectivity index (χ4n) is 1.42. The third-order valence-electron chi connectivity index (χ3n) is 2.33. The fraction of sp³-hybridized carbons (Fsp3) is 0. The van der Waals surface area contributed by atoms with E-state index in [2.05, 4.69) is 31.1 Å². The largest absolute Gasteiger partial charge is 0.324 e. The predicted octanol–water partition coefficient (Wildman–Crippen LogP) is -1.17.